The van der Waals surface area contributed by atoms with Gasteiger partial charge < -0.3 is 10.1 Å². The van der Waals surface area contributed by atoms with Crippen LogP contribution in [0.3, 0.4) is 0 Å². The zero-order chi connectivity index (χ0) is 23.4. The van der Waals surface area contributed by atoms with E-state index in [9.17, 15) is 4.79 Å². The van der Waals surface area contributed by atoms with E-state index in [1.807, 2.05) is 39.0 Å². The van der Waals surface area contributed by atoms with Crippen molar-refractivity contribution in [1.29, 1.82) is 0 Å². The molecule has 4 aromatic rings. The largest absolute Gasteiger partial charge is 0.438 e. The van der Waals surface area contributed by atoms with Crippen LogP contribution in [0.15, 0.2) is 66.7 Å². The third-order valence-corrected chi connectivity index (χ3v) is 5.39. The van der Waals surface area contributed by atoms with Crippen LogP contribution in [0.25, 0.3) is 11.9 Å². The first kappa shape index (κ1) is 22.2. The number of nitrogens with zero attached hydrogens (tertiary/aromatic N) is 4. The van der Waals surface area contributed by atoms with Gasteiger partial charge in [-0.1, -0.05) is 23.7 Å². The summed E-state index contributed by atoms with van der Waals surface area (Å²) in [6.07, 6.45) is 3.19. The lowest BCUT2D eigenvalue weighted by Gasteiger charge is -2.07. The quantitative estimate of drug-likeness (QED) is 0.375. The molecule has 4 rings (SSSR count). The number of hydrogen-bond acceptors (Lipinski definition) is 5. The summed E-state index contributed by atoms with van der Waals surface area (Å²) in [6.45, 7) is 5.99. The molecule has 0 atom stereocenters. The van der Waals surface area contributed by atoms with E-state index in [0.29, 0.717) is 28.2 Å². The van der Waals surface area contributed by atoms with Crippen molar-refractivity contribution in [2.24, 2.45) is 0 Å². The summed E-state index contributed by atoms with van der Waals surface area (Å²) in [5.74, 6) is 1.33. The molecule has 33 heavy (non-hydrogen) atoms. The lowest BCUT2D eigenvalue weighted by Crippen LogP contribution is -2.07. The first-order chi connectivity index (χ1) is 15.9. The number of nitrogens with one attached hydrogen (secondary N) is 1. The van der Waals surface area contributed by atoms with Gasteiger partial charge in [-0.05, 0) is 80.4 Å². The highest BCUT2D eigenvalue weighted by Gasteiger charge is 2.11. The molecule has 0 aliphatic heterocycles. The maximum absolute atomic E-state index is 12.1. The molecule has 0 fully saturated rings. The van der Waals surface area contributed by atoms with Crippen molar-refractivity contribution in [1.82, 2.24) is 20.0 Å². The Bertz CT molecular complexity index is 1290. The van der Waals surface area contributed by atoms with Gasteiger partial charge in [0.15, 0.2) is 5.82 Å². The second-order valence-electron chi connectivity index (χ2n) is 7.44. The minimum absolute atomic E-state index is 0.237. The van der Waals surface area contributed by atoms with Gasteiger partial charge in [0.1, 0.15) is 5.75 Å². The van der Waals surface area contributed by atoms with Crippen molar-refractivity contribution in [3.8, 4) is 17.4 Å². The van der Waals surface area contributed by atoms with Crippen LogP contribution < -0.4 is 10.1 Å². The average Bonchev–Trinajstić information content (AvgIpc) is 3.08. The monoisotopic (exact) mass is 459 g/mol. The summed E-state index contributed by atoms with van der Waals surface area (Å²) in [6, 6.07) is 17.8. The smallest absolute Gasteiger partial charge is 0.248 e. The Morgan fingerprint density at radius 1 is 0.970 bits per heavy atom. The first-order valence-corrected chi connectivity index (χ1v) is 10.7. The maximum atomic E-state index is 12.1. The number of carbonyl (C=O) groups excluding carboxylic acids is 1. The molecule has 1 amide bonds. The summed E-state index contributed by atoms with van der Waals surface area (Å²) in [5.41, 5.74) is 4.65. The third kappa shape index (κ3) is 5.45. The lowest BCUT2D eigenvalue weighted by molar-refractivity contribution is -0.111. The number of hydrogen-bond donors (Lipinski definition) is 1. The zero-order valence-electron chi connectivity index (χ0n) is 18.4. The molecule has 0 radical (unpaired) electrons. The van der Waals surface area contributed by atoms with Gasteiger partial charge in [-0.15, -0.1) is 10.2 Å². The number of ether oxygens (including phenoxy) is 1. The molecule has 0 unspecified atom stereocenters. The van der Waals surface area contributed by atoms with Crippen molar-refractivity contribution in [3.05, 3.63) is 94.3 Å². The molecule has 2 aromatic heterocycles. The Morgan fingerprint density at radius 3 is 2.30 bits per heavy atom. The van der Waals surface area contributed by atoms with Crippen LogP contribution in [0, 0.1) is 20.8 Å². The number of halogens is 1. The fourth-order valence-electron chi connectivity index (χ4n) is 3.08. The number of amides is 1. The Labute approximate surface area is 196 Å². The lowest BCUT2D eigenvalue weighted by atomic mass is 10.2. The highest BCUT2D eigenvalue weighted by atomic mass is 35.5. The number of anilines is 1. The van der Waals surface area contributed by atoms with E-state index in [-0.39, 0.29) is 5.91 Å². The molecule has 7 nitrogen and oxygen atoms in total. The molecule has 2 aromatic carbocycles. The van der Waals surface area contributed by atoms with Gasteiger partial charge >= 0.3 is 0 Å². The molecule has 2 heterocycles. The van der Waals surface area contributed by atoms with E-state index in [1.54, 1.807) is 53.2 Å². The predicted molar refractivity (Wildman–Crippen MR) is 129 cm³/mol. The van der Waals surface area contributed by atoms with Gasteiger partial charge in [0, 0.05) is 28.5 Å². The topological polar surface area (TPSA) is 81.9 Å². The standard InChI is InChI=1S/C25H22ClN5O2/c1-16-17(2)30-31(18(16)3)23-13-15-25(29-28-23)33-22-11-9-21(10-12-22)27-24(32)14-6-19-4-7-20(26)8-5-19/h4-15H,1-3H3,(H,27,32)/b14-6+. The van der Waals surface area contributed by atoms with Crippen LogP contribution in [0.4, 0.5) is 5.69 Å². The molecule has 166 valence electrons. The molecule has 0 aliphatic carbocycles. The molecule has 0 bridgehead atoms. The number of carbonyl (C=O) groups is 1. The Morgan fingerprint density at radius 2 is 1.70 bits per heavy atom. The van der Waals surface area contributed by atoms with Crippen LogP contribution >= 0.6 is 11.6 Å². The van der Waals surface area contributed by atoms with Crippen molar-refractivity contribution in [3.63, 3.8) is 0 Å². The Kier molecular flexibility index (Phi) is 6.51. The van der Waals surface area contributed by atoms with Gasteiger partial charge in [-0.2, -0.15) is 5.10 Å². The van der Waals surface area contributed by atoms with Crippen LogP contribution in [0.2, 0.25) is 5.02 Å². The van der Waals surface area contributed by atoms with E-state index in [4.69, 9.17) is 16.3 Å². The molecular weight excluding hydrogens is 438 g/mol. The van der Waals surface area contributed by atoms with Crippen LogP contribution in [0.1, 0.15) is 22.5 Å². The highest BCUT2D eigenvalue weighted by Crippen LogP contribution is 2.22. The molecular formula is C25H22ClN5O2. The van der Waals surface area contributed by atoms with Gasteiger partial charge in [0.2, 0.25) is 11.8 Å². The normalized spacial score (nSPS) is 11.0. The number of aromatic nitrogens is 4. The third-order valence-electron chi connectivity index (χ3n) is 5.14. The maximum Gasteiger partial charge on any atom is 0.248 e. The summed E-state index contributed by atoms with van der Waals surface area (Å²) in [7, 11) is 0. The molecule has 8 heteroatoms. The Balaban J connectivity index is 1.36. The van der Waals surface area contributed by atoms with Crippen LogP contribution in [0.5, 0.6) is 11.6 Å². The van der Waals surface area contributed by atoms with E-state index >= 15 is 0 Å². The minimum Gasteiger partial charge on any atom is -0.438 e. The van der Waals surface area contributed by atoms with Crippen molar-refractivity contribution < 1.29 is 9.53 Å². The summed E-state index contributed by atoms with van der Waals surface area (Å²) in [4.78, 5) is 12.1. The Hall–Kier alpha value is -3.97. The summed E-state index contributed by atoms with van der Waals surface area (Å²) < 4.78 is 7.53. The van der Waals surface area contributed by atoms with Crippen molar-refractivity contribution in [2.45, 2.75) is 20.8 Å². The summed E-state index contributed by atoms with van der Waals surface area (Å²) in [5, 5.41) is 16.3. The molecule has 0 saturated heterocycles. The van der Waals surface area contributed by atoms with Gasteiger partial charge in [-0.25, -0.2) is 4.68 Å². The first-order valence-electron chi connectivity index (χ1n) is 10.3. The van der Waals surface area contributed by atoms with Crippen molar-refractivity contribution in [2.75, 3.05) is 5.32 Å². The molecule has 0 spiro atoms. The minimum atomic E-state index is -0.237. The van der Waals surface area contributed by atoms with Crippen LogP contribution in [-0.2, 0) is 4.79 Å². The van der Waals surface area contributed by atoms with E-state index in [2.05, 4.69) is 20.6 Å². The molecule has 0 saturated carbocycles. The fraction of sp³-hybridized carbons (Fsp3) is 0.120. The predicted octanol–water partition coefficient (Wildman–Crippen LogP) is 5.69. The van der Waals surface area contributed by atoms with E-state index in [0.717, 1.165) is 22.5 Å². The fourth-order valence-corrected chi connectivity index (χ4v) is 3.21. The van der Waals surface area contributed by atoms with Crippen molar-refractivity contribution >= 4 is 29.3 Å². The summed E-state index contributed by atoms with van der Waals surface area (Å²) >= 11 is 5.86. The SMILES string of the molecule is Cc1nn(-c2ccc(Oc3ccc(NC(=O)/C=C/c4ccc(Cl)cc4)cc3)nn2)c(C)c1C. The number of benzene rings is 2. The number of aryl methyl sites for hydroxylation is 1. The van der Waals surface area contributed by atoms with Gasteiger partial charge in [0.25, 0.3) is 0 Å². The molecule has 1 N–H and O–H groups in total. The van der Waals surface area contributed by atoms with Gasteiger partial charge in [-0.3, -0.25) is 4.79 Å². The zero-order valence-corrected chi connectivity index (χ0v) is 19.2. The van der Waals surface area contributed by atoms with E-state index < -0.39 is 0 Å². The number of rotatable bonds is 6. The van der Waals surface area contributed by atoms with Crippen LogP contribution in [-0.4, -0.2) is 25.9 Å². The molecule has 0 aliphatic rings. The second kappa shape index (κ2) is 9.67. The second-order valence-corrected chi connectivity index (χ2v) is 7.87. The van der Waals surface area contributed by atoms with E-state index in [1.165, 1.54) is 6.08 Å². The van der Waals surface area contributed by atoms with Gasteiger partial charge in [0.05, 0.1) is 5.69 Å². The average molecular weight is 460 g/mol. The highest BCUT2D eigenvalue weighted by molar-refractivity contribution is 6.30.